The van der Waals surface area contributed by atoms with Crippen LogP contribution in [0.1, 0.15) is 19.4 Å². The molecule has 0 aromatic carbocycles. The molecular formula is C8H13N2+. The Bertz CT molecular complexity index is 198. The molecule has 0 amide bonds. The van der Waals surface area contributed by atoms with Gasteiger partial charge in [-0.2, -0.15) is 0 Å². The number of quaternary nitrogens is 1. The first-order valence-electron chi connectivity index (χ1n) is 3.36. The van der Waals surface area contributed by atoms with Gasteiger partial charge in [-0.25, -0.2) is 0 Å². The van der Waals surface area contributed by atoms with Crippen LogP contribution in [0.4, 0.5) is 0 Å². The second-order valence-corrected chi connectivity index (χ2v) is 3.12. The Balaban J connectivity index is 2.97. The fourth-order valence-electron chi connectivity index (χ4n) is 0.803. The van der Waals surface area contributed by atoms with Crippen molar-refractivity contribution in [1.29, 1.82) is 0 Å². The Morgan fingerprint density at radius 3 is 2.10 bits per heavy atom. The van der Waals surface area contributed by atoms with E-state index in [1.165, 1.54) is 5.56 Å². The van der Waals surface area contributed by atoms with E-state index >= 15 is 0 Å². The van der Waals surface area contributed by atoms with E-state index in [0.717, 1.165) is 0 Å². The lowest BCUT2D eigenvalue weighted by Crippen LogP contribution is -2.66. The molecule has 0 radical (unpaired) electrons. The first-order valence-corrected chi connectivity index (χ1v) is 3.36. The lowest BCUT2D eigenvalue weighted by molar-refractivity contribution is -0.475. The topological polar surface area (TPSA) is 40.5 Å². The molecule has 0 aliphatic carbocycles. The van der Waals surface area contributed by atoms with Crippen molar-refractivity contribution in [1.82, 2.24) is 4.98 Å². The van der Waals surface area contributed by atoms with Crippen LogP contribution < -0.4 is 5.73 Å². The molecule has 54 valence electrons. The fourth-order valence-corrected chi connectivity index (χ4v) is 0.803. The van der Waals surface area contributed by atoms with Gasteiger partial charge in [-0.1, -0.05) is 0 Å². The van der Waals surface area contributed by atoms with Gasteiger partial charge in [-0.3, -0.25) is 4.98 Å². The van der Waals surface area contributed by atoms with Gasteiger partial charge in [0.15, 0.2) is 0 Å². The molecule has 0 saturated heterocycles. The fraction of sp³-hybridized carbons (Fsp3) is 0.375. The van der Waals surface area contributed by atoms with E-state index in [2.05, 4.69) is 24.6 Å². The second kappa shape index (κ2) is 2.39. The third kappa shape index (κ3) is 1.54. The largest absolute Gasteiger partial charge is 0.349 e. The third-order valence-corrected chi connectivity index (χ3v) is 1.46. The number of pyridine rings is 1. The van der Waals surface area contributed by atoms with E-state index in [-0.39, 0.29) is 5.54 Å². The third-order valence-electron chi connectivity index (χ3n) is 1.46. The van der Waals surface area contributed by atoms with Crippen molar-refractivity contribution >= 4 is 0 Å². The zero-order valence-electron chi connectivity index (χ0n) is 6.46. The summed E-state index contributed by atoms with van der Waals surface area (Å²) in [4.78, 5) is 3.93. The molecule has 10 heavy (non-hydrogen) atoms. The van der Waals surface area contributed by atoms with E-state index in [0.29, 0.717) is 0 Å². The number of hydrogen-bond donors (Lipinski definition) is 1. The molecule has 0 saturated carbocycles. The molecule has 0 unspecified atom stereocenters. The van der Waals surface area contributed by atoms with Crippen LogP contribution in [0.25, 0.3) is 0 Å². The molecule has 0 bridgehead atoms. The zero-order valence-corrected chi connectivity index (χ0v) is 6.46. The van der Waals surface area contributed by atoms with Gasteiger partial charge in [-0.15, -0.1) is 0 Å². The summed E-state index contributed by atoms with van der Waals surface area (Å²) in [7, 11) is 0. The van der Waals surface area contributed by atoms with E-state index in [1.54, 1.807) is 12.4 Å². The van der Waals surface area contributed by atoms with Crippen molar-refractivity contribution in [2.45, 2.75) is 19.4 Å². The van der Waals surface area contributed by atoms with Crippen LogP contribution in [-0.2, 0) is 5.54 Å². The highest BCUT2D eigenvalue weighted by Crippen LogP contribution is 2.11. The molecule has 0 aliphatic rings. The van der Waals surface area contributed by atoms with Crippen LogP contribution in [0.5, 0.6) is 0 Å². The van der Waals surface area contributed by atoms with Crippen LogP contribution in [0.15, 0.2) is 24.5 Å². The van der Waals surface area contributed by atoms with Crippen molar-refractivity contribution in [3.05, 3.63) is 30.1 Å². The zero-order chi connectivity index (χ0) is 7.61. The van der Waals surface area contributed by atoms with Gasteiger partial charge in [0.2, 0.25) is 0 Å². The number of hydrogen-bond acceptors (Lipinski definition) is 1. The average Bonchev–Trinajstić information content (AvgIpc) is 1.88. The van der Waals surface area contributed by atoms with E-state index < -0.39 is 0 Å². The molecule has 2 heteroatoms. The molecule has 1 aromatic heterocycles. The van der Waals surface area contributed by atoms with Crippen LogP contribution in [0.2, 0.25) is 0 Å². The summed E-state index contributed by atoms with van der Waals surface area (Å²) >= 11 is 0. The molecule has 0 atom stereocenters. The maximum atomic E-state index is 4.01. The maximum absolute atomic E-state index is 4.01. The number of aromatic nitrogens is 1. The summed E-state index contributed by atoms with van der Waals surface area (Å²) in [5, 5.41) is 0. The summed E-state index contributed by atoms with van der Waals surface area (Å²) in [5.74, 6) is 0. The minimum atomic E-state index is 0.00292. The molecule has 0 fully saturated rings. The molecule has 0 spiro atoms. The minimum Gasteiger partial charge on any atom is -0.349 e. The van der Waals surface area contributed by atoms with Crippen molar-refractivity contribution in [3.63, 3.8) is 0 Å². The molecular weight excluding hydrogens is 124 g/mol. The molecule has 2 nitrogen and oxygen atoms in total. The van der Waals surface area contributed by atoms with Gasteiger partial charge >= 0.3 is 0 Å². The summed E-state index contributed by atoms with van der Waals surface area (Å²) in [6, 6.07) is 3.99. The second-order valence-electron chi connectivity index (χ2n) is 3.12. The van der Waals surface area contributed by atoms with Gasteiger partial charge in [0.05, 0.1) is 0 Å². The van der Waals surface area contributed by atoms with Gasteiger partial charge in [0.1, 0.15) is 5.54 Å². The predicted molar refractivity (Wildman–Crippen MR) is 40.2 cm³/mol. The lowest BCUT2D eigenvalue weighted by atomic mass is 9.97. The Morgan fingerprint density at radius 2 is 1.80 bits per heavy atom. The predicted octanol–water partition coefficient (Wildman–Crippen LogP) is 0.559. The maximum Gasteiger partial charge on any atom is 0.115 e. The van der Waals surface area contributed by atoms with E-state index in [4.69, 9.17) is 0 Å². The van der Waals surface area contributed by atoms with Gasteiger partial charge in [0.25, 0.3) is 0 Å². The molecule has 1 rings (SSSR count). The summed E-state index contributed by atoms with van der Waals surface area (Å²) < 4.78 is 0. The van der Waals surface area contributed by atoms with Gasteiger partial charge in [0, 0.05) is 18.0 Å². The van der Waals surface area contributed by atoms with E-state index in [9.17, 15) is 0 Å². The summed E-state index contributed by atoms with van der Waals surface area (Å²) in [6.45, 7) is 4.17. The van der Waals surface area contributed by atoms with Crippen molar-refractivity contribution in [2.75, 3.05) is 0 Å². The molecule has 0 aliphatic heterocycles. The minimum absolute atomic E-state index is 0.00292. The summed E-state index contributed by atoms with van der Waals surface area (Å²) in [5.41, 5.74) is 5.24. The Kier molecular flexibility index (Phi) is 1.72. The highest BCUT2D eigenvalue weighted by atomic mass is 14.7. The first kappa shape index (κ1) is 7.22. The lowest BCUT2D eigenvalue weighted by Gasteiger charge is -2.13. The van der Waals surface area contributed by atoms with Crippen LogP contribution >= 0.6 is 0 Å². The van der Waals surface area contributed by atoms with Gasteiger partial charge < -0.3 is 5.73 Å². The van der Waals surface area contributed by atoms with Crippen LogP contribution in [-0.4, -0.2) is 4.98 Å². The monoisotopic (exact) mass is 137 g/mol. The smallest absolute Gasteiger partial charge is 0.115 e. The Morgan fingerprint density at radius 1 is 1.30 bits per heavy atom. The van der Waals surface area contributed by atoms with Crippen LogP contribution in [0, 0.1) is 0 Å². The van der Waals surface area contributed by atoms with Crippen molar-refractivity contribution in [3.8, 4) is 0 Å². The average molecular weight is 137 g/mol. The summed E-state index contributed by atoms with van der Waals surface area (Å²) in [6.07, 6.45) is 3.59. The highest BCUT2D eigenvalue weighted by Gasteiger charge is 2.16. The highest BCUT2D eigenvalue weighted by molar-refractivity contribution is 5.15. The Labute approximate surface area is 61.1 Å². The first-order chi connectivity index (χ1) is 4.61. The SMILES string of the molecule is CC(C)([NH3+])c1ccncc1. The van der Waals surface area contributed by atoms with Crippen molar-refractivity contribution in [2.24, 2.45) is 0 Å². The quantitative estimate of drug-likeness (QED) is 0.603. The Hall–Kier alpha value is -0.890. The number of rotatable bonds is 1. The van der Waals surface area contributed by atoms with Crippen LogP contribution in [0.3, 0.4) is 0 Å². The molecule has 1 aromatic rings. The number of nitrogens with zero attached hydrogens (tertiary/aromatic N) is 1. The van der Waals surface area contributed by atoms with E-state index in [1.807, 2.05) is 12.1 Å². The normalized spacial score (nSPS) is 11.5. The standard InChI is InChI=1S/C8H12N2/c1-8(2,9)7-3-5-10-6-4-7/h3-6H,9H2,1-2H3/p+1. The molecule has 3 N–H and O–H groups in total. The van der Waals surface area contributed by atoms with Gasteiger partial charge in [-0.05, 0) is 26.0 Å². The van der Waals surface area contributed by atoms with Crippen molar-refractivity contribution < 1.29 is 5.73 Å². The molecule has 1 heterocycles.